The maximum Gasteiger partial charge on any atom is 0.323 e. The van der Waals surface area contributed by atoms with Gasteiger partial charge in [-0.05, 0) is 34.1 Å². The summed E-state index contributed by atoms with van der Waals surface area (Å²) in [6, 6.07) is 11.7. The normalized spacial score (nSPS) is 16.0. The molecule has 0 N–H and O–H groups in total. The first-order chi connectivity index (χ1) is 14.4. The average Bonchev–Trinajstić information content (AvgIpc) is 2.98. The number of carbonyl (C=O) groups excluding carboxylic acids is 2. The van der Waals surface area contributed by atoms with Crippen LogP contribution in [0.25, 0.3) is 0 Å². The van der Waals surface area contributed by atoms with Crippen molar-refractivity contribution in [2.24, 2.45) is 0 Å². The number of ether oxygens (including phenoxy) is 3. The first kappa shape index (κ1) is 22.9. The SMILES string of the molecule is CC(=O)OCCOc1cccc(C2C(=O)Oc3c2cc(C(C)(C)C)cc3C(C)(C)C)c1. The highest BCUT2D eigenvalue weighted by Gasteiger charge is 2.39. The summed E-state index contributed by atoms with van der Waals surface area (Å²) in [6.45, 7) is 14.7. The summed E-state index contributed by atoms with van der Waals surface area (Å²) >= 11 is 0. The quantitative estimate of drug-likeness (QED) is 0.371. The Labute approximate surface area is 184 Å². The van der Waals surface area contributed by atoms with Crippen molar-refractivity contribution in [3.05, 3.63) is 58.7 Å². The molecule has 0 saturated carbocycles. The predicted octanol–water partition coefficient (Wildman–Crippen LogP) is 5.27. The maximum atomic E-state index is 13.0. The van der Waals surface area contributed by atoms with Crippen molar-refractivity contribution in [3.63, 3.8) is 0 Å². The second-order valence-corrected chi connectivity index (χ2v) is 10.1. The Hall–Kier alpha value is -2.82. The molecule has 0 spiro atoms. The van der Waals surface area contributed by atoms with E-state index in [2.05, 4.69) is 53.7 Å². The molecule has 1 aliphatic rings. The van der Waals surface area contributed by atoms with Gasteiger partial charge in [0.05, 0.1) is 0 Å². The van der Waals surface area contributed by atoms with Crippen LogP contribution in [0.2, 0.25) is 0 Å². The second kappa shape index (κ2) is 8.37. The van der Waals surface area contributed by atoms with Crippen LogP contribution in [0.5, 0.6) is 11.5 Å². The van der Waals surface area contributed by atoms with E-state index in [9.17, 15) is 9.59 Å². The third-order valence-electron chi connectivity index (χ3n) is 5.39. The fourth-order valence-corrected chi connectivity index (χ4v) is 3.70. The van der Waals surface area contributed by atoms with E-state index in [1.54, 1.807) is 0 Å². The summed E-state index contributed by atoms with van der Waals surface area (Å²) in [6.07, 6.45) is 0. The molecule has 0 saturated heterocycles. The molecule has 2 aromatic carbocycles. The van der Waals surface area contributed by atoms with Crippen LogP contribution in [0.15, 0.2) is 36.4 Å². The first-order valence-electron chi connectivity index (χ1n) is 10.6. The van der Waals surface area contributed by atoms with Crippen molar-refractivity contribution < 1.29 is 23.8 Å². The van der Waals surface area contributed by atoms with Gasteiger partial charge in [0.2, 0.25) is 0 Å². The molecular weight excluding hydrogens is 392 g/mol. The lowest BCUT2D eigenvalue weighted by Gasteiger charge is -2.27. The van der Waals surface area contributed by atoms with Gasteiger partial charge in [0, 0.05) is 18.1 Å². The lowest BCUT2D eigenvalue weighted by Crippen LogP contribution is -2.17. The minimum Gasteiger partial charge on any atom is -0.490 e. The van der Waals surface area contributed by atoms with Crippen molar-refractivity contribution in [2.45, 2.75) is 65.2 Å². The van der Waals surface area contributed by atoms with Gasteiger partial charge >= 0.3 is 11.9 Å². The van der Waals surface area contributed by atoms with E-state index < -0.39 is 5.92 Å². The van der Waals surface area contributed by atoms with Gasteiger partial charge in [-0.25, -0.2) is 0 Å². The van der Waals surface area contributed by atoms with E-state index in [1.807, 2.05) is 24.3 Å². The number of carbonyl (C=O) groups is 2. The molecule has 0 fully saturated rings. The molecule has 0 aromatic heterocycles. The largest absolute Gasteiger partial charge is 0.490 e. The number of hydrogen-bond donors (Lipinski definition) is 0. The average molecular weight is 425 g/mol. The highest BCUT2D eigenvalue weighted by molar-refractivity contribution is 5.90. The molecule has 0 bridgehead atoms. The number of fused-ring (bicyclic) bond motifs is 1. The molecule has 1 atom stereocenters. The minimum atomic E-state index is -0.504. The van der Waals surface area contributed by atoms with Gasteiger partial charge in [0.25, 0.3) is 0 Å². The standard InChI is InChI=1S/C26H32O5/c1-16(27)29-11-12-30-19-10-8-9-17(13-19)22-20-14-18(25(2,3)4)15-21(26(5,6)7)23(20)31-24(22)28/h8-10,13-15,22H,11-12H2,1-7H3. The molecule has 5 nitrogen and oxygen atoms in total. The van der Waals surface area contributed by atoms with Crippen molar-refractivity contribution in [2.75, 3.05) is 13.2 Å². The zero-order valence-electron chi connectivity index (χ0n) is 19.5. The van der Waals surface area contributed by atoms with Crippen LogP contribution in [-0.2, 0) is 25.2 Å². The van der Waals surface area contributed by atoms with Crippen molar-refractivity contribution in [1.29, 1.82) is 0 Å². The Morgan fingerprint density at radius 3 is 2.32 bits per heavy atom. The summed E-state index contributed by atoms with van der Waals surface area (Å²) in [5, 5.41) is 0. The molecular formula is C26H32O5. The lowest BCUT2D eigenvalue weighted by atomic mass is 9.77. The van der Waals surface area contributed by atoms with Crippen LogP contribution in [0.4, 0.5) is 0 Å². The fraction of sp³-hybridized carbons (Fsp3) is 0.462. The molecule has 2 aromatic rings. The summed E-state index contributed by atoms with van der Waals surface area (Å²) in [7, 11) is 0. The first-order valence-corrected chi connectivity index (χ1v) is 10.6. The Kier molecular flexibility index (Phi) is 6.17. The zero-order valence-corrected chi connectivity index (χ0v) is 19.5. The molecule has 1 heterocycles. The Bertz CT molecular complexity index is 992. The topological polar surface area (TPSA) is 61.8 Å². The molecule has 0 aliphatic carbocycles. The van der Waals surface area contributed by atoms with Gasteiger partial charge in [-0.2, -0.15) is 0 Å². The summed E-state index contributed by atoms with van der Waals surface area (Å²) in [5.74, 6) is 0.177. The molecule has 1 aliphatic heterocycles. The smallest absolute Gasteiger partial charge is 0.323 e. The third kappa shape index (κ3) is 5.09. The molecule has 1 unspecified atom stereocenters. The van der Waals surface area contributed by atoms with E-state index >= 15 is 0 Å². The van der Waals surface area contributed by atoms with E-state index in [0.29, 0.717) is 11.5 Å². The summed E-state index contributed by atoms with van der Waals surface area (Å²) < 4.78 is 16.4. The van der Waals surface area contributed by atoms with E-state index in [0.717, 1.165) is 16.7 Å². The van der Waals surface area contributed by atoms with Gasteiger partial charge in [-0.1, -0.05) is 65.8 Å². The van der Waals surface area contributed by atoms with Crippen LogP contribution < -0.4 is 9.47 Å². The molecule has 31 heavy (non-hydrogen) atoms. The van der Waals surface area contributed by atoms with E-state index in [4.69, 9.17) is 14.2 Å². The maximum absolute atomic E-state index is 13.0. The Morgan fingerprint density at radius 2 is 1.71 bits per heavy atom. The number of benzene rings is 2. The van der Waals surface area contributed by atoms with Gasteiger partial charge < -0.3 is 14.2 Å². The second-order valence-electron chi connectivity index (χ2n) is 10.1. The number of rotatable bonds is 5. The minimum absolute atomic E-state index is 0.0626. The van der Waals surface area contributed by atoms with Crippen LogP contribution in [0.1, 0.15) is 76.6 Å². The molecule has 5 heteroatoms. The van der Waals surface area contributed by atoms with Crippen LogP contribution in [0.3, 0.4) is 0 Å². The van der Waals surface area contributed by atoms with Gasteiger partial charge in [0.1, 0.15) is 30.6 Å². The number of esters is 2. The Balaban J connectivity index is 2.00. The van der Waals surface area contributed by atoms with Crippen molar-refractivity contribution in [1.82, 2.24) is 0 Å². The molecule has 0 radical (unpaired) electrons. The van der Waals surface area contributed by atoms with Gasteiger partial charge in [0.15, 0.2) is 0 Å². The monoisotopic (exact) mass is 424 g/mol. The summed E-state index contributed by atoms with van der Waals surface area (Å²) in [4.78, 5) is 23.9. The third-order valence-corrected chi connectivity index (χ3v) is 5.39. The highest BCUT2D eigenvalue weighted by Crippen LogP contribution is 2.47. The highest BCUT2D eigenvalue weighted by atomic mass is 16.6. The van der Waals surface area contributed by atoms with Gasteiger partial charge in [-0.15, -0.1) is 0 Å². The molecule has 166 valence electrons. The van der Waals surface area contributed by atoms with Crippen molar-refractivity contribution >= 4 is 11.9 Å². The number of hydrogen-bond acceptors (Lipinski definition) is 5. The fourth-order valence-electron chi connectivity index (χ4n) is 3.70. The van der Waals surface area contributed by atoms with Crippen LogP contribution in [0, 0.1) is 0 Å². The molecule has 3 rings (SSSR count). The van der Waals surface area contributed by atoms with Gasteiger partial charge in [-0.3, -0.25) is 9.59 Å². The predicted molar refractivity (Wildman–Crippen MR) is 120 cm³/mol. The molecule has 0 amide bonds. The van der Waals surface area contributed by atoms with E-state index in [-0.39, 0.29) is 36.0 Å². The Morgan fingerprint density at radius 1 is 1.00 bits per heavy atom. The zero-order chi connectivity index (χ0) is 23.0. The van der Waals surface area contributed by atoms with Crippen LogP contribution in [-0.4, -0.2) is 25.2 Å². The summed E-state index contributed by atoms with van der Waals surface area (Å²) in [5.41, 5.74) is 3.71. The van der Waals surface area contributed by atoms with Crippen molar-refractivity contribution in [3.8, 4) is 11.5 Å². The van der Waals surface area contributed by atoms with E-state index in [1.165, 1.54) is 12.5 Å². The van der Waals surface area contributed by atoms with Crippen LogP contribution >= 0.6 is 0 Å². The lowest BCUT2D eigenvalue weighted by molar-refractivity contribution is -0.141.